The predicted octanol–water partition coefficient (Wildman–Crippen LogP) is 1.64. The second kappa shape index (κ2) is 6.77. The summed E-state index contributed by atoms with van der Waals surface area (Å²) in [6, 6.07) is 4.97. The van der Waals surface area contributed by atoms with E-state index in [1.54, 1.807) is 24.0 Å². The highest BCUT2D eigenvalue weighted by Gasteiger charge is 2.54. The molecule has 1 amide bonds. The van der Waals surface area contributed by atoms with Crippen LogP contribution in [0, 0.1) is 5.92 Å². The van der Waals surface area contributed by atoms with Crippen LogP contribution in [0.5, 0.6) is 5.75 Å². The molecule has 0 radical (unpaired) electrons. The van der Waals surface area contributed by atoms with Crippen molar-refractivity contribution < 1.29 is 24.5 Å². The molecule has 2 aromatic rings. The second-order valence-corrected chi connectivity index (χ2v) is 8.80. The Bertz CT molecular complexity index is 1160. The lowest BCUT2D eigenvalue weighted by atomic mass is 9.76. The van der Waals surface area contributed by atoms with Crippen LogP contribution in [0.1, 0.15) is 36.2 Å². The molecule has 8 heteroatoms. The molecule has 1 aromatic heterocycles. The molecule has 3 aliphatic rings. The van der Waals surface area contributed by atoms with Crippen molar-refractivity contribution in [2.45, 2.75) is 38.1 Å². The maximum absolute atomic E-state index is 13.3. The van der Waals surface area contributed by atoms with Crippen LogP contribution in [0.15, 0.2) is 29.8 Å². The maximum atomic E-state index is 13.3. The Kier molecular flexibility index (Phi) is 4.36. The first-order chi connectivity index (χ1) is 14.7. The number of pyridine rings is 1. The van der Waals surface area contributed by atoms with E-state index in [1.807, 2.05) is 31.1 Å². The monoisotopic (exact) mass is 423 g/mol. The third-order valence-electron chi connectivity index (χ3n) is 6.63. The molecule has 31 heavy (non-hydrogen) atoms. The first-order valence-corrected chi connectivity index (χ1v) is 10.5. The SMILES string of the molecule is CCC1(O)C(=O)OCC2C(=O)N3Cc4cc5c(CN(C)C)c(O)ccc5nc4C3C=C21. The van der Waals surface area contributed by atoms with Gasteiger partial charge in [0.05, 0.1) is 23.2 Å². The van der Waals surface area contributed by atoms with Crippen LogP contribution in [-0.4, -0.2) is 63.2 Å². The summed E-state index contributed by atoms with van der Waals surface area (Å²) in [4.78, 5) is 34.1. The molecular weight excluding hydrogens is 398 g/mol. The molecule has 5 rings (SSSR count). The Morgan fingerprint density at radius 1 is 1.32 bits per heavy atom. The van der Waals surface area contributed by atoms with E-state index in [0.29, 0.717) is 18.7 Å². The molecule has 4 heterocycles. The molecule has 3 aliphatic heterocycles. The van der Waals surface area contributed by atoms with Crippen molar-refractivity contribution in [3.63, 3.8) is 0 Å². The molecule has 1 fully saturated rings. The van der Waals surface area contributed by atoms with Crippen LogP contribution < -0.4 is 0 Å². The van der Waals surface area contributed by atoms with Gasteiger partial charge in [-0.15, -0.1) is 0 Å². The molecule has 3 unspecified atom stereocenters. The van der Waals surface area contributed by atoms with Crippen LogP contribution in [0.4, 0.5) is 0 Å². The summed E-state index contributed by atoms with van der Waals surface area (Å²) < 4.78 is 5.15. The average Bonchev–Trinajstić information content (AvgIpc) is 3.10. The van der Waals surface area contributed by atoms with Crippen molar-refractivity contribution in [2.75, 3.05) is 20.7 Å². The molecular formula is C23H25N3O5. The fraction of sp³-hybridized carbons (Fsp3) is 0.435. The molecule has 1 aromatic carbocycles. The van der Waals surface area contributed by atoms with Crippen molar-refractivity contribution in [2.24, 2.45) is 5.92 Å². The fourth-order valence-electron chi connectivity index (χ4n) is 4.98. The lowest BCUT2D eigenvalue weighted by molar-refractivity contribution is -0.173. The number of amides is 1. The summed E-state index contributed by atoms with van der Waals surface area (Å²) in [5.41, 5.74) is 1.81. The third kappa shape index (κ3) is 2.78. The molecule has 8 nitrogen and oxygen atoms in total. The zero-order chi connectivity index (χ0) is 22.1. The number of nitrogens with zero attached hydrogens (tertiary/aromatic N) is 3. The number of benzene rings is 1. The maximum Gasteiger partial charge on any atom is 0.342 e. The zero-order valence-corrected chi connectivity index (χ0v) is 17.8. The summed E-state index contributed by atoms with van der Waals surface area (Å²) in [6.07, 6.45) is 1.96. The summed E-state index contributed by atoms with van der Waals surface area (Å²) in [7, 11) is 3.87. The van der Waals surface area contributed by atoms with E-state index in [2.05, 4.69) is 0 Å². The Labute approximate surface area is 179 Å². The zero-order valence-electron chi connectivity index (χ0n) is 17.8. The van der Waals surface area contributed by atoms with Gasteiger partial charge in [-0.25, -0.2) is 9.78 Å². The molecule has 3 atom stereocenters. The van der Waals surface area contributed by atoms with Gasteiger partial charge in [0.15, 0.2) is 5.60 Å². The summed E-state index contributed by atoms with van der Waals surface area (Å²) in [5, 5.41) is 22.2. The minimum atomic E-state index is -1.78. The fourth-order valence-corrected chi connectivity index (χ4v) is 4.98. The van der Waals surface area contributed by atoms with Crippen LogP contribution in [0.2, 0.25) is 0 Å². The Morgan fingerprint density at radius 2 is 2.10 bits per heavy atom. The first-order valence-electron chi connectivity index (χ1n) is 10.5. The number of hydrogen-bond donors (Lipinski definition) is 2. The van der Waals surface area contributed by atoms with Crippen molar-refractivity contribution >= 4 is 22.8 Å². The van der Waals surface area contributed by atoms with Gasteiger partial charge in [-0.2, -0.15) is 0 Å². The number of carbonyl (C=O) groups excluding carboxylic acids is 2. The van der Waals surface area contributed by atoms with E-state index in [1.165, 1.54) is 0 Å². The van der Waals surface area contributed by atoms with Gasteiger partial charge in [-0.3, -0.25) is 4.79 Å². The van der Waals surface area contributed by atoms with E-state index in [9.17, 15) is 19.8 Å². The third-order valence-corrected chi connectivity index (χ3v) is 6.63. The van der Waals surface area contributed by atoms with Gasteiger partial charge in [0, 0.05) is 24.0 Å². The Hall–Kier alpha value is -2.97. The molecule has 0 bridgehead atoms. The van der Waals surface area contributed by atoms with E-state index >= 15 is 0 Å². The number of aromatic hydroxyl groups is 1. The van der Waals surface area contributed by atoms with E-state index in [0.717, 1.165) is 27.7 Å². The van der Waals surface area contributed by atoms with Gasteiger partial charge < -0.3 is 24.7 Å². The van der Waals surface area contributed by atoms with Crippen LogP contribution in [0.3, 0.4) is 0 Å². The number of aliphatic hydroxyl groups is 1. The number of aromatic nitrogens is 1. The van der Waals surface area contributed by atoms with Gasteiger partial charge in [0.25, 0.3) is 0 Å². The summed E-state index contributed by atoms with van der Waals surface area (Å²) >= 11 is 0. The lowest BCUT2D eigenvalue weighted by Crippen LogP contribution is -2.55. The van der Waals surface area contributed by atoms with Gasteiger partial charge in [-0.1, -0.05) is 13.0 Å². The van der Waals surface area contributed by atoms with Crippen molar-refractivity contribution in [3.05, 3.63) is 46.7 Å². The molecule has 0 saturated carbocycles. The molecule has 0 aliphatic carbocycles. The van der Waals surface area contributed by atoms with E-state index < -0.39 is 23.5 Å². The largest absolute Gasteiger partial charge is 0.508 e. The minimum absolute atomic E-state index is 0.0539. The van der Waals surface area contributed by atoms with Gasteiger partial charge >= 0.3 is 5.97 Å². The topological polar surface area (TPSA) is 103 Å². The Morgan fingerprint density at radius 3 is 2.81 bits per heavy atom. The van der Waals surface area contributed by atoms with Gasteiger partial charge in [0.2, 0.25) is 5.91 Å². The van der Waals surface area contributed by atoms with Crippen LogP contribution in [0.25, 0.3) is 10.9 Å². The first kappa shape index (κ1) is 20.0. The summed E-state index contributed by atoms with van der Waals surface area (Å²) in [6.45, 7) is 2.60. The minimum Gasteiger partial charge on any atom is -0.508 e. The number of carbonyl (C=O) groups is 2. The van der Waals surface area contributed by atoms with Crippen molar-refractivity contribution in [1.82, 2.24) is 14.8 Å². The number of phenols is 1. The number of fused-ring (bicyclic) bond motifs is 5. The number of ether oxygens (including phenoxy) is 1. The smallest absolute Gasteiger partial charge is 0.342 e. The Balaban J connectivity index is 1.66. The number of rotatable bonds is 3. The predicted molar refractivity (Wildman–Crippen MR) is 112 cm³/mol. The molecule has 2 N–H and O–H groups in total. The normalized spacial score (nSPS) is 27.1. The second-order valence-electron chi connectivity index (χ2n) is 8.80. The number of hydrogen-bond acceptors (Lipinski definition) is 7. The van der Waals surface area contributed by atoms with E-state index in [-0.39, 0.29) is 24.7 Å². The van der Waals surface area contributed by atoms with Crippen LogP contribution in [-0.2, 0) is 27.4 Å². The average molecular weight is 423 g/mol. The standard InChI is InChI=1S/C23H25N3O5/c1-4-23(30)16-8-18-20-12(9-26(18)21(28)15(16)11-31-22(23)29)7-13-14(10-25(2)3)19(27)6-5-17(13)24-20/h5-8,15,18,27,30H,4,9-11H2,1-3H3. The highest BCUT2D eigenvalue weighted by molar-refractivity contribution is 5.93. The quantitative estimate of drug-likeness (QED) is 0.571. The number of phenolic OH excluding ortho intramolecular Hbond substituents is 1. The highest BCUT2D eigenvalue weighted by Crippen LogP contribution is 2.46. The highest BCUT2D eigenvalue weighted by atomic mass is 16.6. The van der Waals surface area contributed by atoms with Gasteiger partial charge in [0.1, 0.15) is 12.4 Å². The van der Waals surface area contributed by atoms with Gasteiger partial charge in [-0.05, 0) is 49.9 Å². The summed E-state index contributed by atoms with van der Waals surface area (Å²) in [5.74, 6) is -1.32. The number of cyclic esters (lactones) is 1. The molecule has 1 saturated heterocycles. The van der Waals surface area contributed by atoms with Crippen molar-refractivity contribution in [3.8, 4) is 5.75 Å². The molecule has 162 valence electrons. The van der Waals surface area contributed by atoms with Crippen LogP contribution >= 0.6 is 0 Å². The molecule has 0 spiro atoms. The van der Waals surface area contributed by atoms with Crippen molar-refractivity contribution in [1.29, 1.82) is 0 Å². The van der Waals surface area contributed by atoms with E-state index in [4.69, 9.17) is 9.72 Å². The lowest BCUT2D eigenvalue weighted by Gasteiger charge is -2.42. The number of esters is 1.